The lowest BCUT2D eigenvalue weighted by atomic mass is 10.2. The number of hydrogen-bond donors (Lipinski definition) is 0. The van der Waals surface area contributed by atoms with Crippen LogP contribution in [0.15, 0.2) is 35.1 Å². The Morgan fingerprint density at radius 2 is 2.32 bits per heavy atom. The van der Waals surface area contributed by atoms with Gasteiger partial charge in [-0.15, -0.1) is 0 Å². The minimum atomic E-state index is -0.427. The van der Waals surface area contributed by atoms with E-state index in [4.69, 9.17) is 4.74 Å². The Labute approximate surface area is 118 Å². The van der Waals surface area contributed by atoms with Gasteiger partial charge in [-0.1, -0.05) is 15.9 Å². The second-order valence-electron chi connectivity index (χ2n) is 3.88. The number of carbonyl (C=O) groups excluding carboxylic acids is 1. The lowest BCUT2D eigenvalue weighted by molar-refractivity contribution is 0.0526. The molecule has 0 fully saturated rings. The summed E-state index contributed by atoms with van der Waals surface area (Å²) in [6.07, 6.45) is 2.95. The van der Waals surface area contributed by atoms with Gasteiger partial charge in [0.2, 0.25) is 0 Å². The van der Waals surface area contributed by atoms with Gasteiger partial charge in [0, 0.05) is 16.2 Å². The van der Waals surface area contributed by atoms with Crippen LogP contribution in [0.4, 0.5) is 4.39 Å². The number of aromatic nitrogens is 2. The molecule has 0 aliphatic heterocycles. The minimum absolute atomic E-state index is 0.255. The summed E-state index contributed by atoms with van der Waals surface area (Å²) in [5.41, 5.74) is 0.852. The van der Waals surface area contributed by atoms with E-state index in [-0.39, 0.29) is 12.4 Å². The molecule has 0 radical (unpaired) electrons. The lowest BCUT2D eigenvalue weighted by Crippen LogP contribution is -2.04. The van der Waals surface area contributed by atoms with Gasteiger partial charge in [-0.3, -0.25) is 4.68 Å². The number of esters is 1. The Bertz CT molecular complexity index is 598. The normalized spacial score (nSPS) is 10.5. The summed E-state index contributed by atoms with van der Waals surface area (Å²) >= 11 is 3.29. The lowest BCUT2D eigenvalue weighted by Gasteiger charge is -2.04. The van der Waals surface area contributed by atoms with Crippen molar-refractivity contribution in [2.24, 2.45) is 0 Å². The zero-order chi connectivity index (χ0) is 13.8. The average molecular weight is 327 g/mol. The molecule has 1 aromatic carbocycles. The van der Waals surface area contributed by atoms with E-state index in [9.17, 15) is 9.18 Å². The first-order valence-corrected chi connectivity index (χ1v) is 6.53. The Hall–Kier alpha value is -1.69. The monoisotopic (exact) mass is 326 g/mol. The van der Waals surface area contributed by atoms with Gasteiger partial charge in [0.1, 0.15) is 5.82 Å². The van der Waals surface area contributed by atoms with Crippen molar-refractivity contribution in [3.05, 3.63) is 52.0 Å². The number of nitrogens with zero attached hydrogens (tertiary/aromatic N) is 2. The van der Waals surface area contributed by atoms with Gasteiger partial charge in [0.05, 0.1) is 24.9 Å². The van der Waals surface area contributed by atoms with Crippen LogP contribution in [0, 0.1) is 5.82 Å². The van der Waals surface area contributed by atoms with E-state index in [1.165, 1.54) is 16.9 Å². The molecule has 4 nitrogen and oxygen atoms in total. The Morgan fingerprint density at radius 1 is 1.53 bits per heavy atom. The van der Waals surface area contributed by atoms with Crippen molar-refractivity contribution in [2.75, 3.05) is 6.61 Å². The van der Waals surface area contributed by atoms with Crippen molar-refractivity contribution >= 4 is 21.9 Å². The largest absolute Gasteiger partial charge is 0.462 e. The molecule has 6 heteroatoms. The standard InChI is InChI=1S/C13H12BrFN2O2/c1-2-19-13(18)10-6-16-17(8-10)7-9-5-11(14)3-4-12(9)15/h3-6,8H,2,7H2,1H3. The second-order valence-corrected chi connectivity index (χ2v) is 4.80. The molecule has 19 heavy (non-hydrogen) atoms. The molecule has 0 aliphatic rings. The third kappa shape index (κ3) is 3.41. The zero-order valence-corrected chi connectivity index (χ0v) is 11.9. The molecule has 0 N–H and O–H groups in total. The maximum Gasteiger partial charge on any atom is 0.341 e. The van der Waals surface area contributed by atoms with Crippen LogP contribution in [0.25, 0.3) is 0 Å². The first-order chi connectivity index (χ1) is 9.10. The number of ether oxygens (including phenoxy) is 1. The van der Waals surface area contributed by atoms with Crippen LogP contribution < -0.4 is 0 Å². The van der Waals surface area contributed by atoms with Crippen molar-refractivity contribution in [1.29, 1.82) is 0 Å². The summed E-state index contributed by atoms with van der Waals surface area (Å²) in [5.74, 6) is -0.736. The van der Waals surface area contributed by atoms with Crippen molar-refractivity contribution < 1.29 is 13.9 Å². The number of halogens is 2. The van der Waals surface area contributed by atoms with Gasteiger partial charge in [-0.2, -0.15) is 5.10 Å². The molecule has 0 unspecified atom stereocenters. The van der Waals surface area contributed by atoms with Gasteiger partial charge in [-0.25, -0.2) is 9.18 Å². The van der Waals surface area contributed by atoms with Crippen LogP contribution in [-0.4, -0.2) is 22.4 Å². The van der Waals surface area contributed by atoms with Crippen LogP contribution in [0.1, 0.15) is 22.8 Å². The second kappa shape index (κ2) is 5.97. The van der Waals surface area contributed by atoms with E-state index in [2.05, 4.69) is 21.0 Å². The molecule has 100 valence electrons. The molecule has 2 aromatic rings. The van der Waals surface area contributed by atoms with Gasteiger partial charge in [0.15, 0.2) is 0 Å². The molecule has 0 saturated carbocycles. The van der Waals surface area contributed by atoms with E-state index < -0.39 is 5.97 Å². The fourth-order valence-electron chi connectivity index (χ4n) is 1.61. The molecule has 0 atom stereocenters. The highest BCUT2D eigenvalue weighted by atomic mass is 79.9. The van der Waals surface area contributed by atoms with E-state index in [1.807, 2.05) is 0 Å². The van der Waals surface area contributed by atoms with Crippen LogP contribution in [-0.2, 0) is 11.3 Å². The summed E-state index contributed by atoms with van der Waals surface area (Å²) in [4.78, 5) is 11.5. The predicted molar refractivity (Wildman–Crippen MR) is 71.4 cm³/mol. The van der Waals surface area contributed by atoms with Crippen LogP contribution in [0.2, 0.25) is 0 Å². The maximum absolute atomic E-state index is 13.6. The SMILES string of the molecule is CCOC(=O)c1cnn(Cc2cc(Br)ccc2F)c1. The molecular weight excluding hydrogens is 315 g/mol. The molecule has 2 rings (SSSR count). The van der Waals surface area contributed by atoms with Gasteiger partial charge < -0.3 is 4.74 Å². The average Bonchev–Trinajstić information content (AvgIpc) is 2.83. The summed E-state index contributed by atoms with van der Waals surface area (Å²) in [6, 6.07) is 4.70. The highest BCUT2D eigenvalue weighted by Crippen LogP contribution is 2.16. The first-order valence-electron chi connectivity index (χ1n) is 5.73. The van der Waals surface area contributed by atoms with Crippen molar-refractivity contribution in [2.45, 2.75) is 13.5 Å². The highest BCUT2D eigenvalue weighted by molar-refractivity contribution is 9.10. The fourth-order valence-corrected chi connectivity index (χ4v) is 2.02. The molecule has 0 bridgehead atoms. The van der Waals surface area contributed by atoms with Gasteiger partial charge in [-0.05, 0) is 25.1 Å². The number of hydrogen-bond acceptors (Lipinski definition) is 3. The summed E-state index contributed by atoms with van der Waals surface area (Å²) in [6.45, 7) is 2.30. The Kier molecular flexibility index (Phi) is 4.31. The van der Waals surface area contributed by atoms with E-state index in [0.29, 0.717) is 17.7 Å². The third-order valence-electron chi connectivity index (χ3n) is 2.48. The molecule has 0 aliphatic carbocycles. The molecular formula is C13H12BrFN2O2. The van der Waals surface area contributed by atoms with Crippen LogP contribution >= 0.6 is 15.9 Å². The number of rotatable bonds is 4. The van der Waals surface area contributed by atoms with Crippen LogP contribution in [0.5, 0.6) is 0 Å². The quantitative estimate of drug-likeness (QED) is 0.811. The third-order valence-corrected chi connectivity index (χ3v) is 2.98. The summed E-state index contributed by atoms with van der Waals surface area (Å²) in [7, 11) is 0. The molecule has 1 aromatic heterocycles. The maximum atomic E-state index is 13.6. The van der Waals surface area contributed by atoms with E-state index >= 15 is 0 Å². The fraction of sp³-hybridized carbons (Fsp3) is 0.231. The zero-order valence-electron chi connectivity index (χ0n) is 10.3. The Balaban J connectivity index is 2.15. The molecule has 1 heterocycles. The predicted octanol–water partition coefficient (Wildman–Crippen LogP) is 3.01. The molecule has 0 amide bonds. The highest BCUT2D eigenvalue weighted by Gasteiger charge is 2.10. The minimum Gasteiger partial charge on any atom is -0.462 e. The summed E-state index contributed by atoms with van der Waals surface area (Å²) in [5, 5.41) is 4.02. The topological polar surface area (TPSA) is 44.1 Å². The van der Waals surface area contributed by atoms with Crippen molar-refractivity contribution in [3.8, 4) is 0 Å². The first kappa shape index (κ1) is 13.7. The molecule has 0 saturated heterocycles. The van der Waals surface area contributed by atoms with E-state index in [1.54, 1.807) is 25.3 Å². The summed E-state index contributed by atoms with van der Waals surface area (Å²) < 4.78 is 20.7. The van der Waals surface area contributed by atoms with Gasteiger partial charge in [0.25, 0.3) is 0 Å². The number of benzene rings is 1. The van der Waals surface area contributed by atoms with Crippen LogP contribution in [0.3, 0.4) is 0 Å². The Morgan fingerprint density at radius 3 is 3.05 bits per heavy atom. The number of carbonyl (C=O) groups is 1. The van der Waals surface area contributed by atoms with E-state index in [0.717, 1.165) is 4.47 Å². The smallest absolute Gasteiger partial charge is 0.341 e. The van der Waals surface area contributed by atoms with Crippen molar-refractivity contribution in [1.82, 2.24) is 9.78 Å². The van der Waals surface area contributed by atoms with Gasteiger partial charge >= 0.3 is 5.97 Å². The van der Waals surface area contributed by atoms with Crippen molar-refractivity contribution in [3.63, 3.8) is 0 Å². The molecule has 0 spiro atoms.